The summed E-state index contributed by atoms with van der Waals surface area (Å²) in [6.45, 7) is 7.63. The third-order valence-electron chi connectivity index (χ3n) is 9.65. The molecule has 1 heterocycles. The van der Waals surface area contributed by atoms with Gasteiger partial charge in [0.1, 0.15) is 42.9 Å². The standard InChI is InChI=1S/C46H35NO6S/c1-3-43(48)52-25-23-50-35-20-16-33(17-21-35)46(39-11-7-5-9-37(39)38-10-6-8-12-40(38)46)34-18-22-41-42(29-34)54-45(47-41)32-14-13-31-28-36(19-15-30(31)27-32)51-24-26-53-44(49)4-2/h3-22,27-29H,1-2,23-26H2. The number of nitrogens with zero attached hydrogens (tertiary/aromatic N) is 1. The molecular weight excluding hydrogens is 695 g/mol. The molecule has 0 aliphatic heterocycles. The van der Waals surface area contributed by atoms with Gasteiger partial charge in [-0.2, -0.15) is 0 Å². The van der Waals surface area contributed by atoms with E-state index in [9.17, 15) is 9.59 Å². The van der Waals surface area contributed by atoms with Gasteiger partial charge in [0.25, 0.3) is 0 Å². The van der Waals surface area contributed by atoms with E-state index in [0.717, 1.165) is 54.8 Å². The minimum Gasteiger partial charge on any atom is -0.490 e. The lowest BCUT2D eigenvalue weighted by Gasteiger charge is -2.34. The maximum absolute atomic E-state index is 11.4. The molecule has 8 rings (SSSR count). The van der Waals surface area contributed by atoms with Crippen molar-refractivity contribution in [2.45, 2.75) is 5.41 Å². The SMILES string of the molecule is C=CC(=O)OCCOc1ccc(C2(c3ccc4nc(-c5ccc6cc(OCCOC(=O)C=C)ccc6c5)sc4c3)c3ccccc3-c3ccccc32)cc1. The van der Waals surface area contributed by atoms with Crippen molar-refractivity contribution in [2.24, 2.45) is 0 Å². The number of esters is 2. The van der Waals surface area contributed by atoms with Gasteiger partial charge >= 0.3 is 11.9 Å². The first kappa shape index (κ1) is 34.6. The first-order valence-corrected chi connectivity index (χ1v) is 18.4. The van der Waals surface area contributed by atoms with E-state index in [0.29, 0.717) is 11.5 Å². The van der Waals surface area contributed by atoms with Crippen molar-refractivity contribution in [3.8, 4) is 33.2 Å². The summed E-state index contributed by atoms with van der Waals surface area (Å²) in [7, 11) is 0. The number of fused-ring (bicyclic) bond motifs is 5. The van der Waals surface area contributed by atoms with E-state index in [1.807, 2.05) is 30.3 Å². The highest BCUT2D eigenvalue weighted by Crippen LogP contribution is 2.56. The summed E-state index contributed by atoms with van der Waals surface area (Å²) in [5.74, 6) is 0.455. The third-order valence-corrected chi connectivity index (χ3v) is 10.7. The van der Waals surface area contributed by atoms with Crippen molar-refractivity contribution in [3.05, 3.63) is 175 Å². The fourth-order valence-corrected chi connectivity index (χ4v) is 8.28. The molecule has 0 fully saturated rings. The second kappa shape index (κ2) is 14.8. The Morgan fingerprint density at radius 3 is 1.85 bits per heavy atom. The van der Waals surface area contributed by atoms with Crippen molar-refractivity contribution >= 4 is 44.3 Å². The number of benzene rings is 6. The van der Waals surface area contributed by atoms with E-state index in [1.54, 1.807) is 11.3 Å². The Kier molecular flexibility index (Phi) is 9.51. The van der Waals surface area contributed by atoms with Crippen molar-refractivity contribution in [3.63, 3.8) is 0 Å². The van der Waals surface area contributed by atoms with Crippen molar-refractivity contribution < 1.29 is 28.5 Å². The lowest BCUT2D eigenvalue weighted by molar-refractivity contribution is -0.139. The Bertz CT molecular complexity index is 2510. The van der Waals surface area contributed by atoms with Crippen LogP contribution in [0.1, 0.15) is 22.3 Å². The fourth-order valence-electron chi connectivity index (χ4n) is 7.27. The number of carbonyl (C=O) groups excluding carboxylic acids is 2. The highest BCUT2D eigenvalue weighted by atomic mass is 32.1. The van der Waals surface area contributed by atoms with Crippen molar-refractivity contribution in [2.75, 3.05) is 26.4 Å². The van der Waals surface area contributed by atoms with Gasteiger partial charge in [-0.15, -0.1) is 11.3 Å². The van der Waals surface area contributed by atoms with Gasteiger partial charge in [-0.25, -0.2) is 14.6 Å². The summed E-state index contributed by atoms with van der Waals surface area (Å²) in [4.78, 5) is 27.8. The summed E-state index contributed by atoms with van der Waals surface area (Å²) in [6.07, 6.45) is 2.28. The van der Waals surface area contributed by atoms with Crippen LogP contribution in [0.25, 0.3) is 42.7 Å². The van der Waals surface area contributed by atoms with E-state index in [4.69, 9.17) is 23.9 Å². The van der Waals surface area contributed by atoms with Gasteiger partial charge in [-0.05, 0) is 86.6 Å². The maximum atomic E-state index is 11.4. The molecule has 1 aliphatic carbocycles. The Balaban J connectivity index is 1.13. The number of aromatic nitrogens is 1. The van der Waals surface area contributed by atoms with Crippen LogP contribution >= 0.6 is 11.3 Å². The second-order valence-corrected chi connectivity index (χ2v) is 13.8. The van der Waals surface area contributed by atoms with Crippen molar-refractivity contribution in [1.29, 1.82) is 0 Å². The molecule has 0 unspecified atom stereocenters. The summed E-state index contributed by atoms with van der Waals surface area (Å²) in [5, 5.41) is 3.05. The van der Waals surface area contributed by atoms with Crippen LogP contribution in [-0.4, -0.2) is 43.4 Å². The third kappa shape index (κ3) is 6.41. The average molecular weight is 730 g/mol. The van der Waals surface area contributed by atoms with Crippen LogP contribution in [0.5, 0.6) is 11.5 Å². The van der Waals surface area contributed by atoms with Crippen LogP contribution in [0, 0.1) is 0 Å². The van der Waals surface area contributed by atoms with E-state index in [-0.39, 0.29) is 26.4 Å². The quantitative estimate of drug-likeness (QED) is 0.0664. The van der Waals surface area contributed by atoms with Crippen LogP contribution in [0.2, 0.25) is 0 Å². The fraction of sp³-hybridized carbons (Fsp3) is 0.109. The Morgan fingerprint density at radius 2 is 1.19 bits per heavy atom. The molecule has 54 heavy (non-hydrogen) atoms. The predicted molar refractivity (Wildman–Crippen MR) is 213 cm³/mol. The molecule has 0 spiro atoms. The van der Waals surface area contributed by atoms with Gasteiger partial charge in [-0.3, -0.25) is 0 Å². The average Bonchev–Trinajstić information content (AvgIpc) is 3.78. The Labute approximate surface area is 316 Å². The molecule has 7 aromatic rings. The lowest BCUT2D eigenvalue weighted by atomic mass is 9.67. The maximum Gasteiger partial charge on any atom is 0.330 e. The van der Waals surface area contributed by atoms with Gasteiger partial charge in [0, 0.05) is 17.7 Å². The zero-order valence-electron chi connectivity index (χ0n) is 29.3. The minimum absolute atomic E-state index is 0.140. The van der Waals surface area contributed by atoms with Crippen LogP contribution in [-0.2, 0) is 24.5 Å². The normalized spacial score (nSPS) is 12.4. The van der Waals surface area contributed by atoms with Crippen LogP contribution in [0.3, 0.4) is 0 Å². The van der Waals surface area contributed by atoms with Gasteiger partial charge < -0.3 is 18.9 Å². The molecule has 1 aromatic heterocycles. The molecule has 0 amide bonds. The van der Waals surface area contributed by atoms with E-state index in [1.165, 1.54) is 22.3 Å². The highest BCUT2D eigenvalue weighted by Gasteiger charge is 2.46. The second-order valence-electron chi connectivity index (χ2n) is 12.7. The van der Waals surface area contributed by atoms with Crippen LogP contribution in [0.4, 0.5) is 0 Å². The van der Waals surface area contributed by atoms with E-state index in [2.05, 4.69) is 110 Å². The van der Waals surface area contributed by atoms with Crippen LogP contribution in [0.15, 0.2) is 153 Å². The predicted octanol–water partition coefficient (Wildman–Crippen LogP) is 9.70. The number of rotatable bonds is 13. The number of thiazole rings is 1. The van der Waals surface area contributed by atoms with Gasteiger partial charge in [0.05, 0.1) is 15.6 Å². The molecule has 8 heteroatoms. The van der Waals surface area contributed by atoms with E-state index >= 15 is 0 Å². The van der Waals surface area contributed by atoms with Gasteiger partial charge in [0.15, 0.2) is 0 Å². The van der Waals surface area contributed by atoms with Crippen LogP contribution < -0.4 is 9.47 Å². The molecule has 1 aliphatic rings. The molecule has 6 aromatic carbocycles. The molecule has 0 saturated carbocycles. The molecule has 0 saturated heterocycles. The number of ether oxygens (including phenoxy) is 4. The summed E-state index contributed by atoms with van der Waals surface area (Å²) >= 11 is 1.68. The molecular formula is C46H35NO6S. The zero-order valence-corrected chi connectivity index (χ0v) is 30.1. The molecule has 7 nitrogen and oxygen atoms in total. The summed E-state index contributed by atoms with van der Waals surface area (Å²) in [5.41, 5.74) is 8.52. The molecule has 0 N–H and O–H groups in total. The number of hydrogen-bond donors (Lipinski definition) is 0. The number of hydrogen-bond acceptors (Lipinski definition) is 8. The molecule has 0 atom stereocenters. The zero-order chi connectivity index (χ0) is 37.1. The first-order valence-electron chi connectivity index (χ1n) is 17.6. The highest BCUT2D eigenvalue weighted by molar-refractivity contribution is 7.21. The number of carbonyl (C=O) groups is 2. The summed E-state index contributed by atoms with van der Waals surface area (Å²) < 4.78 is 22.9. The van der Waals surface area contributed by atoms with Gasteiger partial charge in [0.2, 0.25) is 0 Å². The Hall–Kier alpha value is -6.51. The van der Waals surface area contributed by atoms with Crippen molar-refractivity contribution in [1.82, 2.24) is 4.98 Å². The molecule has 0 bridgehead atoms. The first-order chi connectivity index (χ1) is 26.5. The lowest BCUT2D eigenvalue weighted by Crippen LogP contribution is -2.28. The monoisotopic (exact) mass is 729 g/mol. The summed E-state index contributed by atoms with van der Waals surface area (Å²) in [6, 6.07) is 44.4. The minimum atomic E-state index is -0.584. The molecule has 0 radical (unpaired) electrons. The Morgan fingerprint density at radius 1 is 0.611 bits per heavy atom. The largest absolute Gasteiger partial charge is 0.490 e. The topological polar surface area (TPSA) is 84.0 Å². The molecule has 266 valence electrons. The smallest absolute Gasteiger partial charge is 0.330 e. The van der Waals surface area contributed by atoms with E-state index < -0.39 is 17.4 Å². The van der Waals surface area contributed by atoms with Gasteiger partial charge in [-0.1, -0.05) is 98.1 Å².